The summed E-state index contributed by atoms with van der Waals surface area (Å²) in [6.45, 7) is 7.73. The van der Waals surface area contributed by atoms with Crippen molar-refractivity contribution >= 4 is 16.8 Å². The molecule has 2 fully saturated rings. The highest BCUT2D eigenvalue weighted by Crippen LogP contribution is 2.71. The fraction of sp³-hybridized carbons (Fsp3) is 0.556. The number of pyridine rings is 1. The van der Waals surface area contributed by atoms with Gasteiger partial charge in [0.25, 0.3) is 0 Å². The monoisotopic (exact) mass is 465 g/mol. The number of aliphatic hydroxyl groups excluding tert-OH is 2. The molecular weight excluding hydrogens is 434 g/mol. The molecule has 1 spiro atoms. The largest absolute Gasteiger partial charge is 0.466 e. The minimum absolute atomic E-state index is 0.00518. The number of furan rings is 1. The van der Waals surface area contributed by atoms with Crippen molar-refractivity contribution in [2.45, 2.75) is 51.9 Å². The van der Waals surface area contributed by atoms with Crippen LogP contribution in [0.3, 0.4) is 0 Å². The van der Waals surface area contributed by atoms with E-state index < -0.39 is 35.7 Å². The molecule has 2 bridgehead atoms. The normalized spacial score (nSPS) is 42.3. The van der Waals surface area contributed by atoms with Gasteiger partial charge in [-0.1, -0.05) is 32.9 Å². The zero-order valence-corrected chi connectivity index (χ0v) is 19.9. The van der Waals surface area contributed by atoms with Crippen molar-refractivity contribution in [2.24, 2.45) is 34.5 Å². The fourth-order valence-electron chi connectivity index (χ4n) is 7.67. The lowest BCUT2D eigenvalue weighted by molar-refractivity contribution is -0.186. The van der Waals surface area contributed by atoms with Crippen molar-refractivity contribution in [3.8, 4) is 5.88 Å². The molecule has 2 aromatic heterocycles. The third kappa shape index (κ3) is 2.42. The summed E-state index contributed by atoms with van der Waals surface area (Å²) in [5, 5.41) is 35.0. The Labute approximate surface area is 198 Å². The molecule has 0 radical (unpaired) electrons. The van der Waals surface area contributed by atoms with E-state index >= 15 is 0 Å². The van der Waals surface area contributed by atoms with Crippen molar-refractivity contribution in [3.05, 3.63) is 47.9 Å². The third-order valence-electron chi connectivity index (χ3n) is 9.47. The summed E-state index contributed by atoms with van der Waals surface area (Å²) < 4.78 is 11.8. The Balaban J connectivity index is 1.53. The number of carbonyl (C=O) groups excluding carboxylic acids is 1. The number of carbonyl (C=O) groups is 1. The van der Waals surface area contributed by atoms with Crippen LogP contribution < -0.4 is 4.74 Å². The second kappa shape index (κ2) is 6.80. The number of allylic oxidation sites excluding steroid dienone is 1. The van der Waals surface area contributed by atoms with E-state index in [1.165, 1.54) is 6.26 Å². The third-order valence-corrected chi connectivity index (χ3v) is 9.47. The molecule has 4 aliphatic rings. The van der Waals surface area contributed by atoms with Crippen LogP contribution in [0.2, 0.25) is 0 Å². The van der Waals surface area contributed by atoms with Gasteiger partial charge in [-0.3, -0.25) is 4.79 Å². The van der Waals surface area contributed by atoms with Crippen LogP contribution in [0, 0.1) is 34.5 Å². The summed E-state index contributed by atoms with van der Waals surface area (Å²) >= 11 is 0. The Morgan fingerprint density at radius 3 is 2.79 bits per heavy atom. The van der Waals surface area contributed by atoms with E-state index in [4.69, 9.17) is 9.15 Å². The molecule has 6 rings (SSSR count). The molecule has 1 unspecified atom stereocenters. The second-order valence-electron chi connectivity index (χ2n) is 11.3. The molecule has 0 aromatic carbocycles. The quantitative estimate of drug-likeness (QED) is 0.597. The number of hydrogen-bond acceptors (Lipinski definition) is 7. The molecule has 7 heteroatoms. The molecule has 0 saturated heterocycles. The minimum Gasteiger partial charge on any atom is -0.466 e. The van der Waals surface area contributed by atoms with Crippen LogP contribution in [0.4, 0.5) is 0 Å². The average molecular weight is 466 g/mol. The van der Waals surface area contributed by atoms with Crippen LogP contribution in [0.15, 0.2) is 52.3 Å². The molecule has 4 aliphatic carbocycles. The Kier molecular flexibility index (Phi) is 4.41. The number of aliphatic hydroxyl groups is 3. The van der Waals surface area contributed by atoms with Gasteiger partial charge < -0.3 is 24.5 Å². The smallest absolute Gasteiger partial charge is 0.225 e. The van der Waals surface area contributed by atoms with Crippen molar-refractivity contribution < 1.29 is 29.3 Å². The van der Waals surface area contributed by atoms with E-state index in [-0.39, 0.29) is 34.5 Å². The van der Waals surface area contributed by atoms with Crippen LogP contribution >= 0.6 is 0 Å². The maximum absolute atomic E-state index is 14.4. The molecule has 2 saturated carbocycles. The first kappa shape index (κ1) is 22.0. The van der Waals surface area contributed by atoms with Crippen LogP contribution in [-0.2, 0) is 4.79 Å². The van der Waals surface area contributed by atoms with Gasteiger partial charge in [0.15, 0.2) is 17.5 Å². The van der Waals surface area contributed by atoms with Crippen molar-refractivity contribution in [2.75, 3.05) is 6.61 Å². The zero-order chi connectivity index (χ0) is 24.2. The Bertz CT molecular complexity index is 1260. The zero-order valence-electron chi connectivity index (χ0n) is 19.9. The van der Waals surface area contributed by atoms with Crippen LogP contribution in [-0.4, -0.2) is 50.5 Å². The van der Waals surface area contributed by atoms with E-state index in [2.05, 4.69) is 18.8 Å². The maximum atomic E-state index is 14.4. The van der Waals surface area contributed by atoms with Gasteiger partial charge in [-0.15, -0.1) is 0 Å². The number of nitrogens with zero attached hydrogens (tertiary/aromatic N) is 1. The second-order valence-corrected chi connectivity index (χ2v) is 11.3. The number of hydrogen-bond donors (Lipinski definition) is 3. The topological polar surface area (TPSA) is 113 Å². The number of ketones is 1. The van der Waals surface area contributed by atoms with Crippen LogP contribution in [0.25, 0.3) is 11.0 Å². The molecule has 0 aliphatic heterocycles. The lowest BCUT2D eigenvalue weighted by Gasteiger charge is -2.48. The molecule has 2 aromatic rings. The van der Waals surface area contributed by atoms with Gasteiger partial charge in [0, 0.05) is 12.1 Å². The standard InChI is InChI=1S/C27H31NO6/c1-13-11-26-14(2)9-18-20(25(18,3)4)17(22(26)31)10-15(12-29)21(30)27(26,32)23(13)34-24-16-6-8-33-19(16)5-7-28-24/h5-8,10-11,14,17-18,20-21,23,29-30,32H,9,12H2,1-4H3/t14-,17+,18-,20+,21-,23+,26?,27+/m1/s1. The van der Waals surface area contributed by atoms with Gasteiger partial charge in [0.05, 0.1) is 23.7 Å². The van der Waals surface area contributed by atoms with E-state index in [0.717, 1.165) is 6.42 Å². The Hall–Kier alpha value is -2.48. The summed E-state index contributed by atoms with van der Waals surface area (Å²) in [4.78, 5) is 18.7. The van der Waals surface area contributed by atoms with E-state index in [9.17, 15) is 20.1 Å². The number of fused-ring (bicyclic) bond motifs is 4. The SMILES string of the molecule is CC1=CC23C(=O)[C@@H](C=C(CO)[C@@H](O)[C@]2(O)[C@H]1Oc1nccc2occc12)[C@H]1[C@@H](C[C@H]3C)C1(C)C. The highest BCUT2D eigenvalue weighted by molar-refractivity contribution is 5.95. The van der Waals surface area contributed by atoms with Gasteiger partial charge >= 0.3 is 0 Å². The molecule has 7 nitrogen and oxygen atoms in total. The summed E-state index contributed by atoms with van der Waals surface area (Å²) in [5.41, 5.74) is -1.82. The highest BCUT2D eigenvalue weighted by atomic mass is 16.5. The van der Waals surface area contributed by atoms with Crippen molar-refractivity contribution in [1.29, 1.82) is 0 Å². The number of aromatic nitrogens is 1. The summed E-state index contributed by atoms with van der Waals surface area (Å²) in [6.07, 6.45) is 4.92. The first-order valence-corrected chi connectivity index (χ1v) is 12.0. The van der Waals surface area contributed by atoms with Gasteiger partial charge in [-0.2, -0.15) is 0 Å². The van der Waals surface area contributed by atoms with Crippen molar-refractivity contribution in [3.63, 3.8) is 0 Å². The molecule has 2 heterocycles. The summed E-state index contributed by atoms with van der Waals surface area (Å²) in [5.74, 6) is -0.0900. The van der Waals surface area contributed by atoms with Gasteiger partial charge in [0.1, 0.15) is 11.7 Å². The van der Waals surface area contributed by atoms with Crippen LogP contribution in [0.5, 0.6) is 5.88 Å². The average Bonchev–Trinajstić information content (AvgIpc) is 3.11. The number of ether oxygens (including phenoxy) is 1. The fourth-order valence-corrected chi connectivity index (χ4v) is 7.67. The van der Waals surface area contributed by atoms with E-state index in [0.29, 0.717) is 22.5 Å². The molecule has 0 amide bonds. The van der Waals surface area contributed by atoms with Gasteiger partial charge in [-0.25, -0.2) is 4.98 Å². The number of Topliss-reactive ketones (excluding diaryl/α,β-unsaturated/α-hetero) is 1. The van der Waals surface area contributed by atoms with Gasteiger partial charge in [0.2, 0.25) is 5.88 Å². The lowest BCUT2D eigenvalue weighted by Crippen LogP contribution is -2.66. The lowest BCUT2D eigenvalue weighted by atomic mass is 9.59. The molecular formula is C27H31NO6. The van der Waals surface area contributed by atoms with E-state index in [1.54, 1.807) is 24.4 Å². The van der Waals surface area contributed by atoms with Gasteiger partial charge in [-0.05, 0) is 59.8 Å². The number of rotatable bonds is 3. The van der Waals surface area contributed by atoms with E-state index in [1.807, 2.05) is 19.9 Å². The molecule has 8 atom stereocenters. The first-order chi connectivity index (χ1) is 16.1. The molecule has 3 N–H and O–H groups in total. The maximum Gasteiger partial charge on any atom is 0.225 e. The summed E-state index contributed by atoms with van der Waals surface area (Å²) in [6, 6.07) is 3.46. The predicted molar refractivity (Wildman–Crippen MR) is 124 cm³/mol. The predicted octanol–water partition coefficient (Wildman–Crippen LogP) is 3.04. The van der Waals surface area contributed by atoms with Crippen molar-refractivity contribution in [1.82, 2.24) is 4.98 Å². The van der Waals surface area contributed by atoms with Crippen LogP contribution in [0.1, 0.15) is 34.1 Å². The molecule has 34 heavy (non-hydrogen) atoms. The minimum atomic E-state index is -1.99. The Morgan fingerprint density at radius 1 is 1.29 bits per heavy atom. The first-order valence-electron chi connectivity index (χ1n) is 12.0. The highest BCUT2D eigenvalue weighted by Gasteiger charge is 2.76. The summed E-state index contributed by atoms with van der Waals surface area (Å²) in [7, 11) is 0. The molecule has 180 valence electrons. The Morgan fingerprint density at radius 2 is 2.06 bits per heavy atom.